The minimum atomic E-state index is -0.584. The zero-order valence-electron chi connectivity index (χ0n) is 12.8. The van der Waals surface area contributed by atoms with E-state index in [1.165, 1.54) is 0 Å². The van der Waals surface area contributed by atoms with Gasteiger partial charge in [0.05, 0.1) is 18.5 Å². The molecule has 1 aromatic carbocycles. The highest BCUT2D eigenvalue weighted by Gasteiger charge is 2.06. The van der Waals surface area contributed by atoms with Gasteiger partial charge < -0.3 is 14.8 Å². The first-order valence-electron chi connectivity index (χ1n) is 7.12. The van der Waals surface area contributed by atoms with Crippen molar-refractivity contribution in [2.45, 2.75) is 19.8 Å². The Balaban J connectivity index is 2.41. The summed E-state index contributed by atoms with van der Waals surface area (Å²) >= 11 is 3.25. The van der Waals surface area contributed by atoms with Crippen molar-refractivity contribution in [2.24, 2.45) is 0 Å². The molecule has 0 heterocycles. The molecular formula is C16H18BrFN2O3. The molecule has 5 nitrogen and oxygen atoms in total. The van der Waals surface area contributed by atoms with Gasteiger partial charge in [0, 0.05) is 16.6 Å². The van der Waals surface area contributed by atoms with Gasteiger partial charge >= 0.3 is 6.09 Å². The Kier molecular flexibility index (Phi) is 8.76. The summed E-state index contributed by atoms with van der Waals surface area (Å²) in [6, 6.07) is 6.86. The number of nitriles is 1. The number of nitrogens with zero attached hydrogens (tertiary/aromatic N) is 1. The van der Waals surface area contributed by atoms with Crippen LogP contribution in [0.1, 0.15) is 25.3 Å². The van der Waals surface area contributed by atoms with Crippen molar-refractivity contribution in [1.82, 2.24) is 5.32 Å². The van der Waals surface area contributed by atoms with Gasteiger partial charge in [-0.3, -0.25) is 0 Å². The Hall–Kier alpha value is -2.07. The molecule has 0 spiro atoms. The number of hydrogen-bond donors (Lipinski definition) is 1. The van der Waals surface area contributed by atoms with E-state index in [-0.39, 0.29) is 18.7 Å². The number of rotatable bonds is 8. The maximum Gasteiger partial charge on any atom is 0.407 e. The fourth-order valence-corrected chi connectivity index (χ4v) is 1.97. The Morgan fingerprint density at radius 2 is 2.30 bits per heavy atom. The predicted octanol–water partition coefficient (Wildman–Crippen LogP) is 4.08. The van der Waals surface area contributed by atoms with Crippen LogP contribution in [-0.4, -0.2) is 25.9 Å². The molecule has 0 saturated carbocycles. The van der Waals surface area contributed by atoms with Crippen molar-refractivity contribution in [3.05, 3.63) is 40.1 Å². The smallest absolute Gasteiger partial charge is 0.407 e. The Labute approximate surface area is 143 Å². The Morgan fingerprint density at radius 1 is 1.52 bits per heavy atom. The fourth-order valence-electron chi connectivity index (χ4n) is 1.52. The molecule has 0 aliphatic carbocycles. The molecule has 0 bridgehead atoms. The van der Waals surface area contributed by atoms with Gasteiger partial charge in [0.25, 0.3) is 0 Å². The lowest BCUT2D eigenvalue weighted by atomic mass is 10.2. The van der Waals surface area contributed by atoms with Gasteiger partial charge in [0.15, 0.2) is 0 Å². The summed E-state index contributed by atoms with van der Waals surface area (Å²) in [6.07, 6.45) is 1.52. The third-order valence-electron chi connectivity index (χ3n) is 2.83. The summed E-state index contributed by atoms with van der Waals surface area (Å²) in [7, 11) is 0. The van der Waals surface area contributed by atoms with Gasteiger partial charge in [-0.25, -0.2) is 9.18 Å². The van der Waals surface area contributed by atoms with Gasteiger partial charge in [-0.15, -0.1) is 0 Å². The van der Waals surface area contributed by atoms with Crippen LogP contribution in [0, 0.1) is 11.3 Å². The summed E-state index contributed by atoms with van der Waals surface area (Å²) in [6.45, 7) is 2.31. The van der Waals surface area contributed by atoms with Gasteiger partial charge in [-0.05, 0) is 40.5 Å². The summed E-state index contributed by atoms with van der Waals surface area (Å²) in [5.74, 6) is 0.487. The van der Waals surface area contributed by atoms with Crippen LogP contribution in [0.15, 0.2) is 34.6 Å². The number of halogens is 2. The van der Waals surface area contributed by atoms with Crippen LogP contribution in [0.5, 0.6) is 5.75 Å². The minimum absolute atomic E-state index is 0.00108. The van der Waals surface area contributed by atoms with Gasteiger partial charge in [0.2, 0.25) is 0 Å². The third kappa shape index (κ3) is 7.15. The molecule has 1 aromatic rings. The lowest BCUT2D eigenvalue weighted by Gasteiger charge is -2.11. The molecule has 0 aromatic heterocycles. The number of hydrogen-bond acceptors (Lipinski definition) is 4. The molecule has 7 heteroatoms. The molecule has 0 unspecified atom stereocenters. The SMILES string of the molecule is CCCCOC(=O)NC/C(=C\F)COc1ccc(C#N)c(Br)c1. The van der Waals surface area contributed by atoms with Crippen LogP contribution in [0.4, 0.5) is 9.18 Å². The molecule has 0 fully saturated rings. The monoisotopic (exact) mass is 384 g/mol. The van der Waals surface area contributed by atoms with E-state index in [2.05, 4.69) is 21.2 Å². The van der Waals surface area contributed by atoms with Crippen molar-refractivity contribution in [3.63, 3.8) is 0 Å². The highest BCUT2D eigenvalue weighted by Crippen LogP contribution is 2.22. The first-order chi connectivity index (χ1) is 11.1. The van der Waals surface area contributed by atoms with E-state index in [0.29, 0.717) is 28.7 Å². The molecule has 0 saturated heterocycles. The van der Waals surface area contributed by atoms with Crippen LogP contribution < -0.4 is 10.1 Å². The number of nitrogens with one attached hydrogen (secondary N) is 1. The molecule has 1 rings (SSSR count). The molecular weight excluding hydrogens is 367 g/mol. The normalized spacial score (nSPS) is 10.8. The maximum absolute atomic E-state index is 12.8. The number of alkyl carbamates (subject to hydrolysis) is 1. The zero-order valence-corrected chi connectivity index (χ0v) is 14.4. The number of amides is 1. The minimum Gasteiger partial charge on any atom is -0.489 e. The van der Waals surface area contributed by atoms with E-state index in [9.17, 15) is 9.18 Å². The Morgan fingerprint density at radius 3 is 2.91 bits per heavy atom. The zero-order chi connectivity index (χ0) is 17.1. The second-order valence-electron chi connectivity index (χ2n) is 4.65. The first-order valence-corrected chi connectivity index (χ1v) is 7.91. The van der Waals surface area contributed by atoms with Crippen LogP contribution in [0.3, 0.4) is 0 Å². The van der Waals surface area contributed by atoms with E-state index in [1.54, 1.807) is 18.2 Å². The lowest BCUT2D eigenvalue weighted by molar-refractivity contribution is 0.145. The van der Waals surface area contributed by atoms with Crippen molar-refractivity contribution in [1.29, 1.82) is 5.26 Å². The van der Waals surface area contributed by atoms with Gasteiger partial charge in [0.1, 0.15) is 18.4 Å². The van der Waals surface area contributed by atoms with Gasteiger partial charge in [-0.2, -0.15) is 5.26 Å². The van der Waals surface area contributed by atoms with E-state index >= 15 is 0 Å². The van der Waals surface area contributed by atoms with Crippen LogP contribution in [0.2, 0.25) is 0 Å². The molecule has 0 aliphatic heterocycles. The summed E-state index contributed by atoms with van der Waals surface area (Å²) in [4.78, 5) is 11.4. The number of carbonyl (C=O) groups is 1. The Bertz CT molecular complexity index is 599. The average molecular weight is 385 g/mol. The van der Waals surface area contributed by atoms with Crippen LogP contribution in [0.25, 0.3) is 0 Å². The highest BCUT2D eigenvalue weighted by atomic mass is 79.9. The average Bonchev–Trinajstić information content (AvgIpc) is 2.55. The number of benzene rings is 1. The molecule has 0 atom stereocenters. The summed E-state index contributed by atoms with van der Waals surface area (Å²) < 4.78 is 23.8. The quantitative estimate of drug-likeness (QED) is 0.685. The molecule has 1 amide bonds. The number of unbranched alkanes of at least 4 members (excludes halogenated alkanes) is 1. The second kappa shape index (κ2) is 10.6. The highest BCUT2D eigenvalue weighted by molar-refractivity contribution is 9.10. The number of carbonyl (C=O) groups excluding carboxylic acids is 1. The van der Waals surface area contributed by atoms with E-state index in [4.69, 9.17) is 14.7 Å². The van der Waals surface area contributed by atoms with E-state index in [0.717, 1.165) is 12.8 Å². The molecule has 124 valence electrons. The molecule has 23 heavy (non-hydrogen) atoms. The molecule has 1 N–H and O–H groups in total. The lowest BCUT2D eigenvalue weighted by Crippen LogP contribution is -2.28. The standard InChI is InChI=1S/C16H18BrFN2O3/c1-2-3-6-22-16(21)20-10-12(8-18)11-23-14-5-4-13(9-19)15(17)7-14/h4-5,7-8H,2-3,6,10-11H2,1H3,(H,20,21)/b12-8+. The van der Waals surface area contributed by atoms with E-state index < -0.39 is 6.09 Å². The van der Waals surface area contributed by atoms with E-state index in [1.807, 2.05) is 13.0 Å². The largest absolute Gasteiger partial charge is 0.489 e. The van der Waals surface area contributed by atoms with Crippen molar-refractivity contribution in [3.8, 4) is 11.8 Å². The topological polar surface area (TPSA) is 71.3 Å². The summed E-state index contributed by atoms with van der Waals surface area (Å²) in [5, 5.41) is 11.3. The van der Waals surface area contributed by atoms with Crippen molar-refractivity contribution in [2.75, 3.05) is 19.8 Å². The van der Waals surface area contributed by atoms with Crippen molar-refractivity contribution >= 4 is 22.0 Å². The molecule has 0 aliphatic rings. The maximum atomic E-state index is 12.8. The predicted molar refractivity (Wildman–Crippen MR) is 87.8 cm³/mol. The van der Waals surface area contributed by atoms with Crippen LogP contribution in [-0.2, 0) is 4.74 Å². The van der Waals surface area contributed by atoms with Crippen LogP contribution >= 0.6 is 15.9 Å². The van der Waals surface area contributed by atoms with Gasteiger partial charge in [-0.1, -0.05) is 13.3 Å². The third-order valence-corrected chi connectivity index (χ3v) is 3.49. The summed E-state index contributed by atoms with van der Waals surface area (Å²) in [5.41, 5.74) is 0.744. The van der Waals surface area contributed by atoms with Crippen molar-refractivity contribution < 1.29 is 18.7 Å². The number of ether oxygens (including phenoxy) is 2. The molecule has 0 radical (unpaired) electrons. The second-order valence-corrected chi connectivity index (χ2v) is 5.51. The fraction of sp³-hybridized carbons (Fsp3) is 0.375. The first kappa shape index (κ1) is 19.0.